The van der Waals surface area contributed by atoms with E-state index in [-0.39, 0.29) is 19.1 Å². The van der Waals surface area contributed by atoms with E-state index in [1.54, 1.807) is 4.90 Å². The molecule has 0 spiro atoms. The number of piperidine rings is 1. The molecule has 1 atom stereocenters. The van der Waals surface area contributed by atoms with Gasteiger partial charge in [0.15, 0.2) is 0 Å². The van der Waals surface area contributed by atoms with Gasteiger partial charge in [-0.1, -0.05) is 0 Å². The molecule has 2 aliphatic rings. The number of amides is 1. The quantitative estimate of drug-likeness (QED) is 0.719. The molecule has 1 amide bonds. The molecule has 2 saturated heterocycles. The van der Waals surface area contributed by atoms with Crippen molar-refractivity contribution < 1.29 is 18.7 Å². The molecule has 0 aliphatic carbocycles. The average molecular weight is 220 g/mol. The first-order valence-electron chi connectivity index (χ1n) is 5.08. The zero-order valence-electron chi connectivity index (χ0n) is 8.33. The van der Waals surface area contributed by atoms with E-state index >= 15 is 0 Å². The van der Waals surface area contributed by atoms with Crippen molar-refractivity contribution in [3.8, 4) is 0 Å². The third kappa shape index (κ3) is 2.19. The first-order chi connectivity index (χ1) is 6.98. The summed E-state index contributed by atoms with van der Waals surface area (Å²) in [5.74, 6) is -2.56. The Kier molecular flexibility index (Phi) is 2.54. The number of halogens is 2. The summed E-state index contributed by atoms with van der Waals surface area (Å²) >= 11 is 0. The van der Waals surface area contributed by atoms with Crippen LogP contribution in [0.5, 0.6) is 0 Å². The van der Waals surface area contributed by atoms with E-state index in [1.807, 2.05) is 0 Å². The summed E-state index contributed by atoms with van der Waals surface area (Å²) in [6.07, 6.45) is 0.630. The van der Waals surface area contributed by atoms with Gasteiger partial charge in [-0.3, -0.25) is 4.90 Å². The van der Waals surface area contributed by atoms with E-state index < -0.39 is 12.0 Å². The molecule has 0 radical (unpaired) electrons. The molecular formula is C9H14F2N2O2. The molecule has 2 rings (SSSR count). The van der Waals surface area contributed by atoms with Gasteiger partial charge in [0.1, 0.15) is 0 Å². The van der Waals surface area contributed by atoms with E-state index in [4.69, 9.17) is 5.11 Å². The number of carboxylic acid groups (broad SMARTS) is 1. The lowest BCUT2D eigenvalue weighted by Gasteiger charge is -2.46. The van der Waals surface area contributed by atoms with Gasteiger partial charge in [0.2, 0.25) is 0 Å². The fourth-order valence-electron chi connectivity index (χ4n) is 2.23. The maximum atomic E-state index is 12.6. The Morgan fingerprint density at radius 1 is 1.40 bits per heavy atom. The first kappa shape index (κ1) is 10.6. The molecule has 2 aliphatic heterocycles. The second-order valence-corrected chi connectivity index (χ2v) is 4.29. The molecule has 0 aromatic carbocycles. The average Bonchev–Trinajstić information content (AvgIpc) is 2.14. The van der Waals surface area contributed by atoms with E-state index in [1.165, 1.54) is 4.90 Å². The number of likely N-dealkylation sites (tertiary alicyclic amines) is 2. The van der Waals surface area contributed by atoms with Gasteiger partial charge in [-0.2, -0.15) is 0 Å². The van der Waals surface area contributed by atoms with Crippen molar-refractivity contribution in [3.63, 3.8) is 0 Å². The van der Waals surface area contributed by atoms with Gasteiger partial charge >= 0.3 is 6.09 Å². The molecule has 4 nitrogen and oxygen atoms in total. The van der Waals surface area contributed by atoms with Crippen LogP contribution in [0.15, 0.2) is 0 Å². The van der Waals surface area contributed by atoms with Crippen LogP contribution in [0.25, 0.3) is 0 Å². The zero-order valence-corrected chi connectivity index (χ0v) is 8.33. The Morgan fingerprint density at radius 3 is 2.60 bits per heavy atom. The van der Waals surface area contributed by atoms with Crippen LogP contribution in [0.2, 0.25) is 0 Å². The summed E-state index contributed by atoms with van der Waals surface area (Å²) in [5.41, 5.74) is 0. The number of rotatable bonds is 1. The lowest BCUT2D eigenvalue weighted by Crippen LogP contribution is -2.63. The Bertz CT molecular complexity index is 265. The summed E-state index contributed by atoms with van der Waals surface area (Å²) in [5, 5.41) is 8.79. The number of nitrogens with zero attached hydrogens (tertiary/aromatic N) is 2. The van der Waals surface area contributed by atoms with Crippen LogP contribution < -0.4 is 0 Å². The fraction of sp³-hybridized carbons (Fsp3) is 0.889. The number of alkyl halides is 2. The minimum absolute atomic E-state index is 0.0190. The van der Waals surface area contributed by atoms with Crippen molar-refractivity contribution in [2.24, 2.45) is 0 Å². The van der Waals surface area contributed by atoms with Crippen molar-refractivity contribution in [2.45, 2.75) is 24.8 Å². The lowest BCUT2D eigenvalue weighted by atomic mass is 9.99. The number of hydrogen-bond donors (Lipinski definition) is 1. The van der Waals surface area contributed by atoms with Crippen molar-refractivity contribution in [1.29, 1.82) is 0 Å². The molecular weight excluding hydrogens is 206 g/mol. The molecule has 0 aromatic heterocycles. The van der Waals surface area contributed by atoms with Crippen LogP contribution in [0.3, 0.4) is 0 Å². The number of hydrogen-bond acceptors (Lipinski definition) is 2. The van der Waals surface area contributed by atoms with Gasteiger partial charge in [0.05, 0.1) is 13.1 Å². The summed E-state index contributed by atoms with van der Waals surface area (Å²) in [7, 11) is 0. The fourth-order valence-corrected chi connectivity index (χ4v) is 2.23. The molecule has 15 heavy (non-hydrogen) atoms. The Labute approximate surface area is 86.5 Å². The van der Waals surface area contributed by atoms with E-state index in [2.05, 4.69) is 0 Å². The summed E-state index contributed by atoms with van der Waals surface area (Å²) in [4.78, 5) is 13.7. The predicted octanol–water partition coefficient (Wildman–Crippen LogP) is 1.08. The SMILES string of the molecule is O=C(O)N1CCCC(N2CC(F)(F)C2)C1. The first-order valence-corrected chi connectivity index (χ1v) is 5.08. The minimum Gasteiger partial charge on any atom is -0.465 e. The monoisotopic (exact) mass is 220 g/mol. The highest BCUT2D eigenvalue weighted by Crippen LogP contribution is 2.31. The van der Waals surface area contributed by atoms with Crippen LogP contribution in [-0.4, -0.2) is 59.1 Å². The topological polar surface area (TPSA) is 43.8 Å². The summed E-state index contributed by atoms with van der Waals surface area (Å²) < 4.78 is 25.3. The molecule has 6 heteroatoms. The molecule has 0 aromatic rings. The smallest absolute Gasteiger partial charge is 0.407 e. The van der Waals surface area contributed by atoms with Crippen LogP contribution in [0, 0.1) is 0 Å². The van der Waals surface area contributed by atoms with Gasteiger partial charge in [0, 0.05) is 19.1 Å². The Balaban J connectivity index is 1.86. The van der Waals surface area contributed by atoms with E-state index in [9.17, 15) is 13.6 Å². The Morgan fingerprint density at radius 2 is 2.07 bits per heavy atom. The summed E-state index contributed by atoms with van der Waals surface area (Å²) in [6, 6.07) is -0.0190. The van der Waals surface area contributed by atoms with Crippen molar-refractivity contribution >= 4 is 6.09 Å². The highest BCUT2D eigenvalue weighted by atomic mass is 19.3. The van der Waals surface area contributed by atoms with E-state index in [0.29, 0.717) is 13.1 Å². The molecule has 2 fully saturated rings. The molecule has 1 unspecified atom stereocenters. The van der Waals surface area contributed by atoms with Gasteiger partial charge in [-0.15, -0.1) is 0 Å². The standard InChI is InChI=1S/C9H14F2N2O2/c10-9(11)5-13(6-9)7-2-1-3-12(4-7)8(14)15/h7H,1-6H2,(H,14,15). The maximum Gasteiger partial charge on any atom is 0.407 e. The van der Waals surface area contributed by atoms with Crippen molar-refractivity contribution in [2.75, 3.05) is 26.2 Å². The Hall–Kier alpha value is -0.910. The summed E-state index contributed by atoms with van der Waals surface area (Å²) in [6.45, 7) is 0.456. The van der Waals surface area contributed by atoms with Crippen LogP contribution in [-0.2, 0) is 0 Å². The van der Waals surface area contributed by atoms with Gasteiger partial charge < -0.3 is 10.0 Å². The number of carbonyl (C=O) groups is 1. The molecule has 0 saturated carbocycles. The lowest BCUT2D eigenvalue weighted by molar-refractivity contribution is -0.151. The normalized spacial score (nSPS) is 31.1. The molecule has 0 bridgehead atoms. The third-order valence-corrected chi connectivity index (χ3v) is 3.05. The van der Waals surface area contributed by atoms with Crippen molar-refractivity contribution in [1.82, 2.24) is 9.80 Å². The van der Waals surface area contributed by atoms with E-state index in [0.717, 1.165) is 12.8 Å². The second-order valence-electron chi connectivity index (χ2n) is 4.29. The van der Waals surface area contributed by atoms with Gasteiger partial charge in [-0.25, -0.2) is 13.6 Å². The molecule has 1 N–H and O–H groups in total. The zero-order chi connectivity index (χ0) is 11.1. The van der Waals surface area contributed by atoms with Gasteiger partial charge in [-0.05, 0) is 12.8 Å². The highest BCUT2D eigenvalue weighted by molar-refractivity contribution is 5.65. The van der Waals surface area contributed by atoms with Crippen LogP contribution in [0.4, 0.5) is 13.6 Å². The minimum atomic E-state index is -2.56. The third-order valence-electron chi connectivity index (χ3n) is 3.05. The van der Waals surface area contributed by atoms with Crippen LogP contribution >= 0.6 is 0 Å². The molecule has 86 valence electrons. The maximum absolute atomic E-state index is 12.6. The largest absolute Gasteiger partial charge is 0.465 e. The molecule has 2 heterocycles. The second kappa shape index (κ2) is 3.59. The van der Waals surface area contributed by atoms with Crippen LogP contribution in [0.1, 0.15) is 12.8 Å². The predicted molar refractivity (Wildman–Crippen MR) is 49.1 cm³/mol. The van der Waals surface area contributed by atoms with Crippen molar-refractivity contribution in [3.05, 3.63) is 0 Å². The van der Waals surface area contributed by atoms with Gasteiger partial charge in [0.25, 0.3) is 5.92 Å². The highest BCUT2D eigenvalue weighted by Gasteiger charge is 2.47.